The number of hydrogen-bond donors (Lipinski definition) is 1. The van der Waals surface area contributed by atoms with Crippen LogP contribution in [0.1, 0.15) is 25.6 Å². The molecule has 1 N–H and O–H groups in total. The summed E-state index contributed by atoms with van der Waals surface area (Å²) in [6.07, 6.45) is 1.71. The molecule has 2 rings (SSSR count). The van der Waals surface area contributed by atoms with Gasteiger partial charge in [-0.15, -0.1) is 0 Å². The molecular weight excluding hydrogens is 270 g/mol. The number of pyridine rings is 1. The van der Waals surface area contributed by atoms with Crippen molar-refractivity contribution < 1.29 is 9.66 Å². The molecule has 1 atom stereocenters. The van der Waals surface area contributed by atoms with Crippen LogP contribution in [0.15, 0.2) is 42.6 Å². The zero-order chi connectivity index (χ0) is 15.2. The molecule has 6 heteroatoms. The van der Waals surface area contributed by atoms with Crippen molar-refractivity contribution in [3.63, 3.8) is 0 Å². The van der Waals surface area contributed by atoms with Crippen molar-refractivity contribution >= 4 is 11.4 Å². The maximum atomic E-state index is 11.0. The summed E-state index contributed by atoms with van der Waals surface area (Å²) in [5.74, 6) is 0.474. The van der Waals surface area contributed by atoms with Crippen molar-refractivity contribution in [1.82, 2.24) is 4.98 Å². The van der Waals surface area contributed by atoms with E-state index in [0.717, 1.165) is 5.69 Å². The Morgan fingerprint density at radius 1 is 1.38 bits per heavy atom. The van der Waals surface area contributed by atoms with E-state index in [4.69, 9.17) is 4.74 Å². The Morgan fingerprint density at radius 3 is 2.81 bits per heavy atom. The summed E-state index contributed by atoms with van der Waals surface area (Å²) in [7, 11) is 0. The van der Waals surface area contributed by atoms with Gasteiger partial charge >= 0.3 is 0 Å². The summed E-state index contributed by atoms with van der Waals surface area (Å²) in [5.41, 5.74) is 1.49. The molecule has 6 nitrogen and oxygen atoms in total. The lowest BCUT2D eigenvalue weighted by Crippen LogP contribution is -2.08. The monoisotopic (exact) mass is 287 g/mol. The number of nitrogens with zero attached hydrogens (tertiary/aromatic N) is 2. The van der Waals surface area contributed by atoms with Gasteiger partial charge in [-0.05, 0) is 26.0 Å². The quantitative estimate of drug-likeness (QED) is 0.649. The molecule has 0 saturated carbocycles. The van der Waals surface area contributed by atoms with Crippen LogP contribution in [0.3, 0.4) is 0 Å². The largest absolute Gasteiger partial charge is 0.494 e. The molecule has 0 bridgehead atoms. The van der Waals surface area contributed by atoms with Gasteiger partial charge in [0.15, 0.2) is 0 Å². The van der Waals surface area contributed by atoms with Gasteiger partial charge in [-0.1, -0.05) is 6.07 Å². The Bertz CT molecular complexity index is 617. The lowest BCUT2D eigenvalue weighted by Gasteiger charge is -2.15. The zero-order valence-corrected chi connectivity index (χ0v) is 11.9. The highest BCUT2D eigenvalue weighted by Gasteiger charge is 2.13. The fraction of sp³-hybridized carbons (Fsp3) is 0.267. The summed E-state index contributed by atoms with van der Waals surface area (Å²) >= 11 is 0. The van der Waals surface area contributed by atoms with E-state index in [-0.39, 0.29) is 11.7 Å². The number of anilines is 1. The highest BCUT2D eigenvalue weighted by atomic mass is 16.6. The van der Waals surface area contributed by atoms with Gasteiger partial charge in [0.05, 0.1) is 29.3 Å². The number of ether oxygens (including phenoxy) is 1. The van der Waals surface area contributed by atoms with Crippen molar-refractivity contribution in [3.05, 3.63) is 58.4 Å². The Hall–Kier alpha value is -2.63. The lowest BCUT2D eigenvalue weighted by atomic mass is 10.2. The van der Waals surface area contributed by atoms with Crippen LogP contribution >= 0.6 is 0 Å². The first kappa shape index (κ1) is 14.8. The Labute approximate surface area is 122 Å². The molecule has 1 aromatic carbocycles. The van der Waals surface area contributed by atoms with Crippen LogP contribution in [0.25, 0.3) is 0 Å². The second-order valence-electron chi connectivity index (χ2n) is 4.53. The first-order chi connectivity index (χ1) is 10.1. The molecule has 0 radical (unpaired) electrons. The Balaban J connectivity index is 2.24. The molecule has 0 spiro atoms. The van der Waals surface area contributed by atoms with Crippen molar-refractivity contribution in [1.29, 1.82) is 0 Å². The summed E-state index contributed by atoms with van der Waals surface area (Å²) in [6, 6.07) is 10.2. The molecule has 0 fully saturated rings. The van der Waals surface area contributed by atoms with Crippen molar-refractivity contribution in [3.8, 4) is 5.75 Å². The second-order valence-corrected chi connectivity index (χ2v) is 4.53. The number of nitro groups is 1. The van der Waals surface area contributed by atoms with Crippen LogP contribution < -0.4 is 10.1 Å². The minimum Gasteiger partial charge on any atom is -0.494 e. The van der Waals surface area contributed by atoms with Crippen LogP contribution in [0.5, 0.6) is 5.75 Å². The van der Waals surface area contributed by atoms with Gasteiger partial charge in [-0.3, -0.25) is 15.1 Å². The third-order valence-electron chi connectivity index (χ3n) is 2.93. The highest BCUT2D eigenvalue weighted by molar-refractivity contribution is 5.57. The first-order valence-corrected chi connectivity index (χ1v) is 6.70. The average Bonchev–Trinajstić information content (AvgIpc) is 2.48. The van der Waals surface area contributed by atoms with Crippen LogP contribution in [0, 0.1) is 10.1 Å². The summed E-state index contributed by atoms with van der Waals surface area (Å²) in [6.45, 7) is 4.24. The lowest BCUT2D eigenvalue weighted by molar-refractivity contribution is -0.384. The number of non-ortho nitro benzene ring substituents is 1. The number of benzene rings is 1. The smallest absolute Gasteiger partial charge is 0.275 e. The molecule has 0 amide bonds. The number of rotatable bonds is 6. The fourth-order valence-electron chi connectivity index (χ4n) is 1.98. The standard InChI is InChI=1S/C15H17N3O3/c1-3-21-14-9-12(8-13(10-14)18(19)20)17-11(2)15-6-4-5-7-16-15/h4-11,17H,3H2,1-2H3. The van der Waals surface area contributed by atoms with E-state index < -0.39 is 4.92 Å². The predicted octanol–water partition coefficient (Wildman–Crippen LogP) is 3.56. The molecule has 1 heterocycles. The van der Waals surface area contributed by atoms with Gasteiger partial charge in [0.25, 0.3) is 5.69 Å². The maximum absolute atomic E-state index is 11.0. The SMILES string of the molecule is CCOc1cc(NC(C)c2ccccn2)cc([N+](=O)[O-])c1. The van der Waals surface area contributed by atoms with Crippen molar-refractivity contribution in [2.24, 2.45) is 0 Å². The van der Waals surface area contributed by atoms with Crippen LogP contribution in [0.4, 0.5) is 11.4 Å². The van der Waals surface area contributed by atoms with Gasteiger partial charge in [0, 0.05) is 24.0 Å². The zero-order valence-electron chi connectivity index (χ0n) is 11.9. The van der Waals surface area contributed by atoms with Gasteiger partial charge in [-0.2, -0.15) is 0 Å². The third-order valence-corrected chi connectivity index (χ3v) is 2.93. The summed E-state index contributed by atoms with van der Waals surface area (Å²) in [5, 5.41) is 14.2. The van der Waals surface area contributed by atoms with Crippen LogP contribution in [-0.2, 0) is 0 Å². The summed E-state index contributed by atoms with van der Waals surface area (Å²) < 4.78 is 5.36. The van der Waals surface area contributed by atoms with Gasteiger partial charge < -0.3 is 10.1 Å². The normalized spacial score (nSPS) is 11.7. The number of aromatic nitrogens is 1. The molecule has 0 aliphatic rings. The average molecular weight is 287 g/mol. The molecule has 0 aliphatic carbocycles. The third kappa shape index (κ3) is 3.92. The topological polar surface area (TPSA) is 77.3 Å². The molecule has 2 aromatic rings. The van der Waals surface area contributed by atoms with Gasteiger partial charge in [0.1, 0.15) is 5.75 Å². The van der Waals surface area contributed by atoms with E-state index in [0.29, 0.717) is 18.0 Å². The Kier molecular flexibility index (Phi) is 4.71. The molecular formula is C15H17N3O3. The molecule has 0 aliphatic heterocycles. The number of hydrogen-bond acceptors (Lipinski definition) is 5. The van der Waals surface area contributed by atoms with Crippen LogP contribution in [0.2, 0.25) is 0 Å². The minimum atomic E-state index is -0.431. The van der Waals surface area contributed by atoms with E-state index >= 15 is 0 Å². The molecule has 1 unspecified atom stereocenters. The molecule has 110 valence electrons. The van der Waals surface area contributed by atoms with E-state index in [1.807, 2.05) is 32.0 Å². The first-order valence-electron chi connectivity index (χ1n) is 6.70. The van der Waals surface area contributed by atoms with Gasteiger partial charge in [-0.25, -0.2) is 0 Å². The van der Waals surface area contributed by atoms with E-state index in [2.05, 4.69) is 10.3 Å². The van der Waals surface area contributed by atoms with Crippen molar-refractivity contribution in [2.75, 3.05) is 11.9 Å². The van der Waals surface area contributed by atoms with Crippen molar-refractivity contribution in [2.45, 2.75) is 19.9 Å². The van der Waals surface area contributed by atoms with Gasteiger partial charge in [0.2, 0.25) is 0 Å². The second kappa shape index (κ2) is 6.69. The van der Waals surface area contributed by atoms with E-state index in [1.54, 1.807) is 12.3 Å². The number of nitro benzene ring substituents is 1. The number of nitrogens with one attached hydrogen (secondary N) is 1. The maximum Gasteiger partial charge on any atom is 0.275 e. The van der Waals surface area contributed by atoms with E-state index in [1.165, 1.54) is 12.1 Å². The molecule has 1 aromatic heterocycles. The Morgan fingerprint density at radius 2 is 2.19 bits per heavy atom. The molecule has 0 saturated heterocycles. The van der Waals surface area contributed by atoms with Crippen LogP contribution in [-0.4, -0.2) is 16.5 Å². The molecule has 21 heavy (non-hydrogen) atoms. The predicted molar refractivity (Wildman–Crippen MR) is 80.5 cm³/mol. The summed E-state index contributed by atoms with van der Waals surface area (Å²) in [4.78, 5) is 14.8. The van der Waals surface area contributed by atoms with E-state index in [9.17, 15) is 10.1 Å². The fourth-order valence-corrected chi connectivity index (χ4v) is 1.98. The minimum absolute atomic E-state index is 0.00308. The highest BCUT2D eigenvalue weighted by Crippen LogP contribution is 2.28.